The Morgan fingerprint density at radius 1 is 1.16 bits per heavy atom. The summed E-state index contributed by atoms with van der Waals surface area (Å²) in [6.07, 6.45) is 2.93. The van der Waals surface area contributed by atoms with Gasteiger partial charge in [-0.2, -0.15) is 0 Å². The van der Waals surface area contributed by atoms with Crippen LogP contribution in [0.5, 0.6) is 0 Å². The number of nitrogens with zero attached hydrogens (tertiary/aromatic N) is 2. The van der Waals surface area contributed by atoms with Gasteiger partial charge in [-0.1, -0.05) is 48.0 Å². The average molecular weight is 505 g/mol. The summed E-state index contributed by atoms with van der Waals surface area (Å²) in [6, 6.07) is 12.4. The minimum atomic E-state index is -0.438. The van der Waals surface area contributed by atoms with Crippen molar-refractivity contribution >= 4 is 27.8 Å². The van der Waals surface area contributed by atoms with Crippen molar-refractivity contribution in [3.63, 3.8) is 0 Å². The summed E-state index contributed by atoms with van der Waals surface area (Å²) in [4.78, 5) is 19.5. The van der Waals surface area contributed by atoms with Crippen molar-refractivity contribution in [2.45, 2.75) is 52.5 Å². The summed E-state index contributed by atoms with van der Waals surface area (Å²) in [5, 5.41) is 2.63. The first kappa shape index (κ1) is 26.0. The molecule has 0 fully saturated rings. The number of benzene rings is 2. The van der Waals surface area contributed by atoms with Crippen molar-refractivity contribution in [1.29, 1.82) is 0 Å². The first-order valence-electron chi connectivity index (χ1n) is 11.2. The molecule has 0 aliphatic heterocycles. The van der Waals surface area contributed by atoms with E-state index in [1.54, 1.807) is 6.07 Å². The topological polar surface area (TPSA) is 70.7 Å². The molecule has 0 radical (unpaired) electrons. The van der Waals surface area contributed by atoms with Gasteiger partial charge in [0.1, 0.15) is 5.82 Å². The van der Waals surface area contributed by atoms with E-state index >= 15 is 0 Å². The van der Waals surface area contributed by atoms with Crippen molar-refractivity contribution in [2.24, 2.45) is 10.7 Å². The molecule has 2 rings (SSSR count). The van der Waals surface area contributed by atoms with E-state index in [4.69, 9.17) is 5.73 Å². The Bertz CT molecular complexity index is 897. The molecule has 1 amide bonds. The highest BCUT2D eigenvalue weighted by Gasteiger charge is 2.16. The zero-order valence-corrected chi connectivity index (χ0v) is 20.8. The predicted molar refractivity (Wildman–Crippen MR) is 134 cm³/mol. The molecule has 1 unspecified atom stereocenters. The summed E-state index contributed by atoms with van der Waals surface area (Å²) in [6.45, 7) is 9.36. The van der Waals surface area contributed by atoms with Gasteiger partial charge in [-0.15, -0.1) is 0 Å². The maximum atomic E-state index is 14.5. The predicted octanol–water partition coefficient (Wildman–Crippen LogP) is 4.93. The number of aryl methyl sites for hydroxylation is 1. The average Bonchev–Trinajstić information content (AvgIpc) is 2.76. The van der Waals surface area contributed by atoms with Crippen LogP contribution in [0.1, 0.15) is 55.1 Å². The van der Waals surface area contributed by atoms with Crippen LogP contribution in [0.15, 0.2) is 51.9 Å². The molecule has 0 saturated carbocycles. The highest BCUT2D eigenvalue weighted by Crippen LogP contribution is 2.18. The summed E-state index contributed by atoms with van der Waals surface area (Å²) in [5.41, 5.74) is 7.71. The van der Waals surface area contributed by atoms with Crippen LogP contribution in [0.3, 0.4) is 0 Å². The first-order valence-corrected chi connectivity index (χ1v) is 12.0. The Kier molecular flexibility index (Phi) is 10.8. The third-order valence-electron chi connectivity index (χ3n) is 5.53. The van der Waals surface area contributed by atoms with Crippen LogP contribution in [-0.2, 0) is 12.8 Å². The number of rotatable bonds is 11. The Morgan fingerprint density at radius 2 is 1.84 bits per heavy atom. The van der Waals surface area contributed by atoms with Crippen molar-refractivity contribution < 1.29 is 9.18 Å². The van der Waals surface area contributed by atoms with Gasteiger partial charge in [-0.05, 0) is 82.1 Å². The maximum absolute atomic E-state index is 14.5. The monoisotopic (exact) mass is 504 g/mol. The smallest absolute Gasteiger partial charge is 0.258 e. The molecular weight excluding hydrogens is 471 g/mol. The number of hydrogen-bond acceptors (Lipinski definition) is 3. The molecule has 3 N–H and O–H groups in total. The molecule has 0 bridgehead atoms. The number of nitrogens with one attached hydrogen (secondary N) is 1. The standard InChI is InChI=1S/C25H34BrFN4O/c1-4-31(5-2)17-7-8-18(3)29-25(28)30-24(32)22-9-6-10-23(27)21(22)16-13-19-11-14-20(26)15-12-19/h6,9-12,14-15,18H,4-5,7-8,13,16-17H2,1-3H3,(H3,28,29,30,32). The lowest BCUT2D eigenvalue weighted by Gasteiger charge is -2.18. The second-order valence-electron chi connectivity index (χ2n) is 7.88. The van der Waals surface area contributed by atoms with Gasteiger partial charge in [0.25, 0.3) is 5.91 Å². The number of carbonyl (C=O) groups is 1. The van der Waals surface area contributed by atoms with Crippen molar-refractivity contribution in [1.82, 2.24) is 10.2 Å². The van der Waals surface area contributed by atoms with Gasteiger partial charge in [0.2, 0.25) is 0 Å². The third-order valence-corrected chi connectivity index (χ3v) is 6.06. The molecule has 0 heterocycles. The van der Waals surface area contributed by atoms with Crippen LogP contribution in [0.4, 0.5) is 4.39 Å². The lowest BCUT2D eigenvalue weighted by atomic mass is 9.98. The SMILES string of the molecule is CCN(CC)CCCC(C)N=C(N)NC(=O)c1cccc(F)c1CCc1ccc(Br)cc1. The van der Waals surface area contributed by atoms with Gasteiger partial charge in [-0.25, -0.2) is 4.39 Å². The number of hydrogen-bond donors (Lipinski definition) is 2. The fourth-order valence-corrected chi connectivity index (χ4v) is 3.88. The normalized spacial score (nSPS) is 12.8. The first-order chi connectivity index (χ1) is 15.3. The highest BCUT2D eigenvalue weighted by atomic mass is 79.9. The number of guanidine groups is 1. The third kappa shape index (κ3) is 8.36. The van der Waals surface area contributed by atoms with Crippen molar-refractivity contribution in [2.75, 3.05) is 19.6 Å². The molecular formula is C25H34BrFN4O. The summed E-state index contributed by atoms with van der Waals surface area (Å²) in [5.74, 6) is -0.768. The van der Waals surface area contributed by atoms with Crippen LogP contribution < -0.4 is 11.1 Å². The lowest BCUT2D eigenvalue weighted by Crippen LogP contribution is -2.38. The second-order valence-corrected chi connectivity index (χ2v) is 8.79. The van der Waals surface area contributed by atoms with Crippen LogP contribution in [-0.4, -0.2) is 42.4 Å². The summed E-state index contributed by atoms with van der Waals surface area (Å²) < 4.78 is 15.5. The molecule has 5 nitrogen and oxygen atoms in total. The maximum Gasteiger partial charge on any atom is 0.258 e. The molecule has 0 aromatic heterocycles. The molecule has 32 heavy (non-hydrogen) atoms. The number of amides is 1. The molecule has 2 aromatic carbocycles. The van der Waals surface area contributed by atoms with Gasteiger partial charge in [-0.3, -0.25) is 15.1 Å². The van der Waals surface area contributed by atoms with E-state index in [1.807, 2.05) is 31.2 Å². The van der Waals surface area contributed by atoms with E-state index < -0.39 is 11.7 Å². The van der Waals surface area contributed by atoms with E-state index in [0.717, 1.165) is 42.5 Å². The highest BCUT2D eigenvalue weighted by molar-refractivity contribution is 9.10. The molecule has 2 aromatic rings. The van der Waals surface area contributed by atoms with E-state index in [2.05, 4.69) is 45.0 Å². The van der Waals surface area contributed by atoms with Gasteiger partial charge >= 0.3 is 0 Å². The number of aliphatic imine (C=N–C) groups is 1. The Morgan fingerprint density at radius 3 is 2.50 bits per heavy atom. The molecule has 0 aliphatic rings. The van der Waals surface area contributed by atoms with E-state index in [0.29, 0.717) is 18.4 Å². The van der Waals surface area contributed by atoms with Crippen molar-refractivity contribution in [3.8, 4) is 0 Å². The number of halogens is 2. The van der Waals surface area contributed by atoms with Crippen molar-refractivity contribution in [3.05, 3.63) is 69.4 Å². The van der Waals surface area contributed by atoms with Gasteiger partial charge in [0.15, 0.2) is 5.96 Å². The Labute approximate surface area is 199 Å². The quantitative estimate of drug-likeness (QED) is 0.336. The fourth-order valence-electron chi connectivity index (χ4n) is 3.61. The largest absolute Gasteiger partial charge is 0.370 e. The number of carbonyl (C=O) groups excluding carboxylic acids is 1. The van der Waals surface area contributed by atoms with Gasteiger partial charge < -0.3 is 10.6 Å². The fraction of sp³-hybridized carbons (Fsp3) is 0.440. The van der Waals surface area contributed by atoms with Crippen LogP contribution in [0.25, 0.3) is 0 Å². The zero-order chi connectivity index (χ0) is 23.5. The molecule has 0 saturated heterocycles. The van der Waals surface area contributed by atoms with Crippen LogP contribution in [0, 0.1) is 5.82 Å². The lowest BCUT2D eigenvalue weighted by molar-refractivity contribution is 0.0975. The van der Waals surface area contributed by atoms with E-state index in [1.165, 1.54) is 12.1 Å². The van der Waals surface area contributed by atoms with Gasteiger partial charge in [0.05, 0.1) is 6.04 Å². The van der Waals surface area contributed by atoms with E-state index in [9.17, 15) is 9.18 Å². The molecule has 0 spiro atoms. The van der Waals surface area contributed by atoms with Crippen LogP contribution >= 0.6 is 15.9 Å². The van der Waals surface area contributed by atoms with Gasteiger partial charge in [0, 0.05) is 15.6 Å². The summed E-state index contributed by atoms with van der Waals surface area (Å²) in [7, 11) is 0. The Hall–Kier alpha value is -2.25. The van der Waals surface area contributed by atoms with E-state index in [-0.39, 0.29) is 17.6 Å². The zero-order valence-electron chi connectivity index (χ0n) is 19.2. The Balaban J connectivity index is 1.98. The number of nitrogens with two attached hydrogens (primary N) is 1. The molecule has 174 valence electrons. The minimum absolute atomic E-state index is 0.00440. The second kappa shape index (κ2) is 13.3. The molecule has 7 heteroatoms. The molecule has 0 aliphatic carbocycles. The minimum Gasteiger partial charge on any atom is -0.370 e. The molecule has 1 atom stereocenters. The van der Waals surface area contributed by atoms with Crippen LogP contribution in [0.2, 0.25) is 0 Å². The summed E-state index contributed by atoms with van der Waals surface area (Å²) >= 11 is 3.41.